The number of hydrogen-bond acceptors (Lipinski definition) is 2. The van der Waals surface area contributed by atoms with Crippen LogP contribution < -0.4 is 5.56 Å². The second-order valence-corrected chi connectivity index (χ2v) is 5.74. The lowest BCUT2D eigenvalue weighted by Gasteiger charge is -2.08. The second kappa shape index (κ2) is 5.52. The summed E-state index contributed by atoms with van der Waals surface area (Å²) >= 11 is 0. The van der Waals surface area contributed by atoms with Crippen LogP contribution >= 0.6 is 0 Å². The first kappa shape index (κ1) is 13.6. The third kappa shape index (κ3) is 2.72. The van der Waals surface area contributed by atoms with Crippen LogP contribution in [0.3, 0.4) is 0 Å². The molecule has 3 rings (SSSR count). The summed E-state index contributed by atoms with van der Waals surface area (Å²) in [6, 6.07) is 16.0. The SMILES string of the molecule is CC(C)Cc1ccc(-c2n[nH]c(=O)c3ccccc23)cc1. The Morgan fingerprint density at radius 2 is 1.67 bits per heavy atom. The van der Waals surface area contributed by atoms with Gasteiger partial charge in [-0.2, -0.15) is 5.10 Å². The van der Waals surface area contributed by atoms with Crippen LogP contribution in [0.1, 0.15) is 19.4 Å². The zero-order chi connectivity index (χ0) is 14.8. The molecule has 1 heterocycles. The van der Waals surface area contributed by atoms with Gasteiger partial charge in [0.15, 0.2) is 0 Å². The topological polar surface area (TPSA) is 45.8 Å². The number of nitrogens with zero attached hydrogens (tertiary/aromatic N) is 1. The maximum Gasteiger partial charge on any atom is 0.272 e. The van der Waals surface area contributed by atoms with Gasteiger partial charge in [-0.25, -0.2) is 5.10 Å². The highest BCUT2D eigenvalue weighted by molar-refractivity contribution is 5.93. The van der Waals surface area contributed by atoms with Gasteiger partial charge in [-0.3, -0.25) is 4.79 Å². The first-order chi connectivity index (χ1) is 10.1. The molecule has 2 aromatic carbocycles. The van der Waals surface area contributed by atoms with Gasteiger partial charge in [0, 0.05) is 10.9 Å². The lowest BCUT2D eigenvalue weighted by Crippen LogP contribution is -2.09. The number of hydrogen-bond donors (Lipinski definition) is 1. The van der Waals surface area contributed by atoms with E-state index >= 15 is 0 Å². The lowest BCUT2D eigenvalue weighted by molar-refractivity contribution is 0.647. The van der Waals surface area contributed by atoms with Gasteiger partial charge in [-0.15, -0.1) is 0 Å². The van der Waals surface area contributed by atoms with Gasteiger partial charge in [0.1, 0.15) is 0 Å². The minimum absolute atomic E-state index is 0.147. The number of H-pyrrole nitrogens is 1. The van der Waals surface area contributed by atoms with Crippen molar-refractivity contribution in [2.75, 3.05) is 0 Å². The van der Waals surface area contributed by atoms with E-state index in [-0.39, 0.29) is 5.56 Å². The van der Waals surface area contributed by atoms with Crippen LogP contribution in [0.15, 0.2) is 53.3 Å². The molecular formula is C18H18N2O. The van der Waals surface area contributed by atoms with Crippen molar-refractivity contribution in [2.24, 2.45) is 5.92 Å². The fraction of sp³-hybridized carbons (Fsp3) is 0.222. The predicted molar refractivity (Wildman–Crippen MR) is 86.3 cm³/mol. The lowest BCUT2D eigenvalue weighted by atomic mass is 9.99. The van der Waals surface area contributed by atoms with Gasteiger partial charge >= 0.3 is 0 Å². The number of benzene rings is 2. The second-order valence-electron chi connectivity index (χ2n) is 5.74. The molecule has 0 aliphatic rings. The Morgan fingerprint density at radius 1 is 1.00 bits per heavy atom. The molecule has 3 heteroatoms. The number of aromatic nitrogens is 2. The summed E-state index contributed by atoms with van der Waals surface area (Å²) in [7, 11) is 0. The highest BCUT2D eigenvalue weighted by atomic mass is 16.1. The van der Waals surface area contributed by atoms with Crippen molar-refractivity contribution in [1.82, 2.24) is 10.2 Å². The molecule has 21 heavy (non-hydrogen) atoms. The van der Waals surface area contributed by atoms with E-state index in [2.05, 4.69) is 48.3 Å². The fourth-order valence-corrected chi connectivity index (χ4v) is 2.60. The van der Waals surface area contributed by atoms with Crippen molar-refractivity contribution >= 4 is 10.8 Å². The molecule has 0 atom stereocenters. The molecule has 0 amide bonds. The highest BCUT2D eigenvalue weighted by Gasteiger charge is 2.08. The maximum atomic E-state index is 11.8. The first-order valence-corrected chi connectivity index (χ1v) is 7.22. The van der Waals surface area contributed by atoms with Crippen molar-refractivity contribution in [1.29, 1.82) is 0 Å². The Balaban J connectivity index is 2.08. The van der Waals surface area contributed by atoms with Crippen LogP contribution in [-0.2, 0) is 6.42 Å². The smallest absolute Gasteiger partial charge is 0.267 e. The Hall–Kier alpha value is -2.42. The third-order valence-corrected chi connectivity index (χ3v) is 3.57. The van der Waals surface area contributed by atoms with Gasteiger partial charge in [0.05, 0.1) is 11.1 Å². The Kier molecular flexibility index (Phi) is 3.57. The van der Waals surface area contributed by atoms with E-state index < -0.39 is 0 Å². The minimum atomic E-state index is -0.147. The average molecular weight is 278 g/mol. The summed E-state index contributed by atoms with van der Waals surface area (Å²) in [5, 5.41) is 8.37. The van der Waals surface area contributed by atoms with E-state index in [4.69, 9.17) is 0 Å². The van der Waals surface area contributed by atoms with Crippen molar-refractivity contribution in [3.05, 3.63) is 64.4 Å². The molecule has 3 aromatic rings. The van der Waals surface area contributed by atoms with Crippen molar-refractivity contribution in [3.8, 4) is 11.3 Å². The Labute approximate surface area is 123 Å². The number of aromatic amines is 1. The highest BCUT2D eigenvalue weighted by Crippen LogP contribution is 2.24. The zero-order valence-corrected chi connectivity index (χ0v) is 12.3. The molecule has 0 saturated carbocycles. The molecule has 0 saturated heterocycles. The van der Waals surface area contributed by atoms with Crippen molar-refractivity contribution in [2.45, 2.75) is 20.3 Å². The summed E-state index contributed by atoms with van der Waals surface area (Å²) in [4.78, 5) is 11.8. The first-order valence-electron chi connectivity index (χ1n) is 7.22. The molecule has 0 unspecified atom stereocenters. The van der Waals surface area contributed by atoms with Gasteiger partial charge in [-0.1, -0.05) is 56.3 Å². The normalized spacial score (nSPS) is 11.2. The molecule has 3 nitrogen and oxygen atoms in total. The van der Waals surface area contributed by atoms with Crippen LogP contribution in [-0.4, -0.2) is 10.2 Å². The minimum Gasteiger partial charge on any atom is -0.267 e. The summed E-state index contributed by atoms with van der Waals surface area (Å²) in [5.74, 6) is 0.642. The Bertz CT molecular complexity index is 816. The third-order valence-electron chi connectivity index (χ3n) is 3.57. The predicted octanol–water partition coefficient (Wildman–Crippen LogP) is 3.79. The fourth-order valence-electron chi connectivity index (χ4n) is 2.60. The summed E-state index contributed by atoms with van der Waals surface area (Å²) in [6.45, 7) is 4.43. The standard InChI is InChI=1S/C18H18N2O/c1-12(2)11-13-7-9-14(10-8-13)17-15-5-3-4-6-16(15)18(21)20-19-17/h3-10,12H,11H2,1-2H3,(H,20,21). The molecule has 106 valence electrons. The average Bonchev–Trinajstić information content (AvgIpc) is 2.48. The van der Waals surface area contributed by atoms with Crippen LogP contribution in [0.2, 0.25) is 0 Å². The van der Waals surface area contributed by atoms with E-state index in [9.17, 15) is 4.79 Å². The van der Waals surface area contributed by atoms with E-state index in [0.29, 0.717) is 11.3 Å². The zero-order valence-electron chi connectivity index (χ0n) is 12.3. The molecule has 0 aliphatic heterocycles. The number of nitrogens with one attached hydrogen (secondary N) is 1. The number of rotatable bonds is 3. The van der Waals surface area contributed by atoms with Crippen LogP contribution in [0.5, 0.6) is 0 Å². The van der Waals surface area contributed by atoms with E-state index in [1.807, 2.05) is 24.3 Å². The molecule has 0 fully saturated rings. The van der Waals surface area contributed by atoms with Gasteiger partial charge < -0.3 is 0 Å². The van der Waals surface area contributed by atoms with Crippen molar-refractivity contribution in [3.63, 3.8) is 0 Å². The quantitative estimate of drug-likeness (QED) is 0.792. The van der Waals surface area contributed by atoms with Gasteiger partial charge in [0.25, 0.3) is 5.56 Å². The summed E-state index contributed by atoms with van der Waals surface area (Å²) < 4.78 is 0. The molecule has 1 N–H and O–H groups in total. The summed E-state index contributed by atoms with van der Waals surface area (Å²) in [6.07, 6.45) is 1.07. The van der Waals surface area contributed by atoms with Crippen molar-refractivity contribution < 1.29 is 0 Å². The maximum absolute atomic E-state index is 11.8. The van der Waals surface area contributed by atoms with E-state index in [1.54, 1.807) is 0 Å². The molecule has 0 spiro atoms. The molecule has 0 radical (unpaired) electrons. The van der Waals surface area contributed by atoms with Crippen LogP contribution in [0.4, 0.5) is 0 Å². The van der Waals surface area contributed by atoms with Crippen LogP contribution in [0.25, 0.3) is 22.0 Å². The Morgan fingerprint density at radius 3 is 2.33 bits per heavy atom. The summed E-state index contributed by atoms with van der Waals surface area (Å²) in [5.41, 5.74) is 3.02. The van der Waals surface area contributed by atoms with Crippen LogP contribution in [0, 0.1) is 5.92 Å². The molecule has 0 bridgehead atoms. The molecular weight excluding hydrogens is 260 g/mol. The largest absolute Gasteiger partial charge is 0.272 e. The molecule has 0 aliphatic carbocycles. The molecule has 1 aromatic heterocycles. The number of fused-ring (bicyclic) bond motifs is 1. The van der Waals surface area contributed by atoms with E-state index in [1.165, 1.54) is 5.56 Å². The van der Waals surface area contributed by atoms with Gasteiger partial charge in [0.2, 0.25) is 0 Å². The monoisotopic (exact) mass is 278 g/mol. The van der Waals surface area contributed by atoms with E-state index in [0.717, 1.165) is 23.1 Å². The van der Waals surface area contributed by atoms with Gasteiger partial charge in [-0.05, 0) is 24.0 Å².